The summed E-state index contributed by atoms with van der Waals surface area (Å²) in [6, 6.07) is 0.969. The molecule has 1 saturated heterocycles. The van der Waals surface area contributed by atoms with Gasteiger partial charge in [-0.2, -0.15) is 21.8 Å². The Hall–Kier alpha value is -0.810. The number of phosphoric ester groups is 1. The third kappa shape index (κ3) is 6.85. The monoisotopic (exact) mass is 554 g/mol. The second-order valence-corrected chi connectivity index (χ2v) is 10.9. The lowest BCUT2D eigenvalue weighted by atomic mass is 9.99. The zero-order valence-corrected chi connectivity index (χ0v) is 18.5. The van der Waals surface area contributed by atoms with Gasteiger partial charge in [-0.15, -0.1) is 0 Å². The second-order valence-electron chi connectivity index (χ2n) is 6.08. The molecular formula is C10H13F4N2O12P3S. The first kappa shape index (κ1) is 27.4. The summed E-state index contributed by atoms with van der Waals surface area (Å²) in [7, 11) is -17.2. The van der Waals surface area contributed by atoms with Gasteiger partial charge in [0.1, 0.15) is 4.64 Å². The Balaban J connectivity index is 2.21. The summed E-state index contributed by atoms with van der Waals surface area (Å²) in [6.07, 6.45) is -11.0. The normalized spacial score (nSPS) is 28.2. The highest BCUT2D eigenvalue weighted by Crippen LogP contribution is 2.66. The van der Waals surface area contributed by atoms with E-state index < -0.39 is 66.4 Å². The maximum atomic E-state index is 14.9. The van der Waals surface area contributed by atoms with E-state index in [4.69, 9.17) is 19.4 Å². The van der Waals surface area contributed by atoms with Crippen molar-refractivity contribution in [3.05, 3.63) is 27.4 Å². The first-order valence-electron chi connectivity index (χ1n) is 7.76. The first-order valence-corrected chi connectivity index (χ1v) is 12.7. The predicted octanol–water partition coefficient (Wildman–Crippen LogP) is 1.81. The van der Waals surface area contributed by atoms with Gasteiger partial charge >= 0.3 is 35.3 Å². The Morgan fingerprint density at radius 2 is 1.81 bits per heavy atom. The fraction of sp³-hybridized carbons (Fsp3) is 0.600. The molecule has 1 aromatic rings. The number of hydrogen-bond acceptors (Lipinski definition) is 9. The second kappa shape index (κ2) is 9.09. The molecule has 184 valence electrons. The summed E-state index contributed by atoms with van der Waals surface area (Å²) in [5.41, 5.74) is -5.44. The number of aromatic amines is 1. The molecule has 2 heterocycles. The molecule has 22 heteroatoms. The standard InChI is InChI=1S/C10H13F4N2O12P3S/c11-9(10(12,13)14)3-5(26-7(9)16-2-1-6(32)15-8(16)17)4-25-30(21,22)28-31(23,24)27-29(18,19)20/h1-2,5,7H,3-4H2,(H,21,22)(H,23,24)(H,15,17,32)(H2,18,19,20)/t5-,7+,9+/m0/s1. The zero-order valence-electron chi connectivity index (χ0n) is 15.0. The van der Waals surface area contributed by atoms with Crippen LogP contribution >= 0.6 is 35.7 Å². The van der Waals surface area contributed by atoms with E-state index in [1.807, 2.05) is 4.98 Å². The SMILES string of the molecule is O=c1[nH]c(=S)ccn1[C@@H]1O[C@H](COP(=O)(O)OP(=O)(O)OP(=O)(O)O)C[C@]1(F)C(F)(F)F. The van der Waals surface area contributed by atoms with E-state index in [9.17, 15) is 40.9 Å². The molecule has 5 atom stereocenters. The Kier molecular flexibility index (Phi) is 7.80. The van der Waals surface area contributed by atoms with Crippen LogP contribution in [-0.4, -0.2) is 53.7 Å². The van der Waals surface area contributed by atoms with Crippen molar-refractivity contribution in [1.82, 2.24) is 9.55 Å². The van der Waals surface area contributed by atoms with Gasteiger partial charge < -0.3 is 24.3 Å². The van der Waals surface area contributed by atoms with Crippen LogP contribution in [-0.2, 0) is 31.6 Å². The molecule has 1 aliphatic rings. The van der Waals surface area contributed by atoms with Crippen molar-refractivity contribution >= 4 is 35.7 Å². The lowest BCUT2D eigenvalue weighted by molar-refractivity contribution is -0.256. The molecule has 0 aliphatic carbocycles. The Labute approximate surface area is 179 Å². The maximum absolute atomic E-state index is 14.9. The lowest BCUT2D eigenvalue weighted by Gasteiger charge is -2.28. The summed E-state index contributed by atoms with van der Waals surface area (Å²) >= 11 is 4.63. The number of rotatable bonds is 8. The van der Waals surface area contributed by atoms with Gasteiger partial charge in [0.2, 0.25) is 0 Å². The zero-order chi connectivity index (χ0) is 24.8. The average Bonchev–Trinajstić information content (AvgIpc) is 2.87. The van der Waals surface area contributed by atoms with E-state index in [2.05, 4.69) is 25.4 Å². The molecule has 0 spiro atoms. The number of nitrogens with zero attached hydrogens (tertiary/aromatic N) is 1. The van der Waals surface area contributed by atoms with Crippen molar-refractivity contribution in [1.29, 1.82) is 0 Å². The van der Waals surface area contributed by atoms with Crippen LogP contribution in [0.2, 0.25) is 0 Å². The van der Waals surface area contributed by atoms with Gasteiger partial charge in [0.25, 0.3) is 5.67 Å². The van der Waals surface area contributed by atoms with Crippen LogP contribution in [0.15, 0.2) is 17.1 Å². The van der Waals surface area contributed by atoms with Gasteiger partial charge in [-0.05, 0) is 6.07 Å². The van der Waals surface area contributed by atoms with Crippen LogP contribution in [0.3, 0.4) is 0 Å². The first-order chi connectivity index (χ1) is 14.2. The Morgan fingerprint density at radius 1 is 1.22 bits per heavy atom. The molecule has 32 heavy (non-hydrogen) atoms. The van der Waals surface area contributed by atoms with E-state index in [-0.39, 0.29) is 9.21 Å². The number of phosphoric acid groups is 3. The molecule has 2 rings (SSSR count). The minimum Gasteiger partial charge on any atom is -0.348 e. The van der Waals surface area contributed by atoms with Crippen molar-refractivity contribution in [2.75, 3.05) is 6.61 Å². The van der Waals surface area contributed by atoms with Crippen molar-refractivity contribution in [3.63, 3.8) is 0 Å². The lowest BCUT2D eigenvalue weighted by Crippen LogP contribution is -2.47. The topological polar surface area (TPSA) is 207 Å². The quantitative estimate of drug-likeness (QED) is 0.177. The molecule has 14 nitrogen and oxygen atoms in total. The smallest absolute Gasteiger partial charge is 0.348 e. The predicted molar refractivity (Wildman–Crippen MR) is 94.1 cm³/mol. The van der Waals surface area contributed by atoms with Crippen molar-refractivity contribution in [2.45, 2.75) is 30.6 Å². The highest BCUT2D eigenvalue weighted by molar-refractivity contribution is 7.71. The number of ether oxygens (including phenoxy) is 1. The van der Waals surface area contributed by atoms with Gasteiger partial charge in [-0.1, -0.05) is 12.2 Å². The fourth-order valence-electron chi connectivity index (χ4n) is 2.50. The van der Waals surface area contributed by atoms with E-state index in [0.717, 1.165) is 12.3 Å². The molecule has 1 aromatic heterocycles. The van der Waals surface area contributed by atoms with Crippen molar-refractivity contribution in [3.8, 4) is 0 Å². The van der Waals surface area contributed by atoms with Crippen LogP contribution in [0, 0.1) is 4.64 Å². The average molecular weight is 554 g/mol. The number of alkyl halides is 4. The molecular weight excluding hydrogens is 541 g/mol. The number of nitrogens with one attached hydrogen (secondary N) is 1. The fourth-order valence-corrected chi connectivity index (χ4v) is 5.70. The third-order valence-corrected chi connectivity index (χ3v) is 7.69. The molecule has 0 aromatic carbocycles. The summed E-state index contributed by atoms with van der Waals surface area (Å²) in [4.78, 5) is 49.1. The minimum absolute atomic E-state index is 0.176. The third-order valence-electron chi connectivity index (χ3n) is 3.65. The molecule has 1 fully saturated rings. The number of hydrogen-bond donors (Lipinski definition) is 5. The number of H-pyrrole nitrogens is 1. The van der Waals surface area contributed by atoms with Gasteiger partial charge in [0.05, 0.1) is 12.7 Å². The summed E-state index contributed by atoms with van der Waals surface area (Å²) in [5, 5.41) is 0. The van der Waals surface area contributed by atoms with E-state index in [1.54, 1.807) is 0 Å². The maximum Gasteiger partial charge on any atom is 0.490 e. The molecule has 0 bridgehead atoms. The van der Waals surface area contributed by atoms with Crippen molar-refractivity contribution < 1.29 is 68.7 Å². The number of aromatic nitrogens is 2. The van der Waals surface area contributed by atoms with Crippen molar-refractivity contribution in [2.24, 2.45) is 0 Å². The Bertz CT molecular complexity index is 1120. The molecule has 0 amide bonds. The summed E-state index contributed by atoms with van der Waals surface area (Å²) < 4.78 is 104. The van der Waals surface area contributed by atoms with Gasteiger partial charge in [0, 0.05) is 12.6 Å². The van der Waals surface area contributed by atoms with Crippen LogP contribution in [0.25, 0.3) is 0 Å². The highest BCUT2D eigenvalue weighted by Gasteiger charge is 2.67. The van der Waals surface area contributed by atoms with Crippen LogP contribution in [0.5, 0.6) is 0 Å². The van der Waals surface area contributed by atoms with Gasteiger partial charge in [-0.25, -0.2) is 22.9 Å². The van der Waals surface area contributed by atoms with E-state index in [0.29, 0.717) is 0 Å². The van der Waals surface area contributed by atoms with E-state index in [1.165, 1.54) is 0 Å². The van der Waals surface area contributed by atoms with E-state index >= 15 is 0 Å². The molecule has 0 radical (unpaired) electrons. The molecule has 1 aliphatic heterocycles. The van der Waals surface area contributed by atoms with Crippen LogP contribution < -0.4 is 5.69 Å². The molecule has 2 unspecified atom stereocenters. The molecule has 0 saturated carbocycles. The van der Waals surface area contributed by atoms with Gasteiger partial charge in [0.15, 0.2) is 6.23 Å². The summed E-state index contributed by atoms with van der Waals surface area (Å²) in [6.45, 7) is -1.35. The molecule has 5 N–H and O–H groups in total. The van der Waals surface area contributed by atoms with Crippen LogP contribution in [0.1, 0.15) is 12.6 Å². The summed E-state index contributed by atoms with van der Waals surface area (Å²) in [5.74, 6) is 0. The Morgan fingerprint density at radius 3 is 2.31 bits per heavy atom. The van der Waals surface area contributed by atoms with Gasteiger partial charge in [-0.3, -0.25) is 14.1 Å². The number of halogens is 4. The van der Waals surface area contributed by atoms with Crippen LogP contribution in [0.4, 0.5) is 17.6 Å². The minimum atomic E-state index is -5.88. The highest BCUT2D eigenvalue weighted by atomic mass is 32.1. The largest absolute Gasteiger partial charge is 0.490 e.